The second-order valence-electron chi connectivity index (χ2n) is 7.49. The van der Waals surface area contributed by atoms with Crippen LogP contribution in [0.4, 0.5) is 0 Å². The lowest BCUT2D eigenvalue weighted by Gasteiger charge is -2.26. The number of fused-ring (bicyclic) bond motifs is 1. The number of nitrogens with zero attached hydrogens (tertiary/aromatic N) is 4. The van der Waals surface area contributed by atoms with Crippen molar-refractivity contribution in [1.29, 1.82) is 0 Å². The Morgan fingerprint density at radius 2 is 2.03 bits per heavy atom. The van der Waals surface area contributed by atoms with Gasteiger partial charge in [-0.25, -0.2) is 4.98 Å². The fourth-order valence-corrected chi connectivity index (χ4v) is 4.69. The van der Waals surface area contributed by atoms with E-state index in [9.17, 15) is 20.1 Å². The van der Waals surface area contributed by atoms with Crippen LogP contribution in [0, 0.1) is 5.92 Å². The van der Waals surface area contributed by atoms with E-state index >= 15 is 0 Å². The molecule has 2 aliphatic rings. The van der Waals surface area contributed by atoms with Crippen molar-refractivity contribution in [1.82, 2.24) is 15.2 Å². The van der Waals surface area contributed by atoms with Crippen LogP contribution in [0.3, 0.4) is 0 Å². The lowest BCUT2D eigenvalue weighted by Crippen LogP contribution is -2.48. The molecule has 1 fully saturated rings. The number of guanidine groups is 1. The average Bonchev–Trinajstić information content (AvgIpc) is 3.23. The van der Waals surface area contributed by atoms with E-state index in [1.807, 2.05) is 24.3 Å². The van der Waals surface area contributed by atoms with Gasteiger partial charge >= 0.3 is 0 Å². The molecule has 0 saturated heterocycles. The SMILES string of the molecule is CN(C)C1=NC(=N[C@@H]2C[C@H](CO)[C@@H](O)[C@H]2O)C(c2nc3ccccc3s2)C(=O)N1. The van der Waals surface area contributed by atoms with E-state index in [-0.39, 0.29) is 18.3 Å². The molecule has 2 heterocycles. The van der Waals surface area contributed by atoms with Gasteiger partial charge in [0, 0.05) is 26.6 Å². The van der Waals surface area contributed by atoms with Gasteiger partial charge in [0.2, 0.25) is 11.9 Å². The minimum Gasteiger partial charge on any atom is -0.396 e. The minimum absolute atomic E-state index is 0.242. The predicted molar refractivity (Wildman–Crippen MR) is 110 cm³/mol. The molecule has 29 heavy (non-hydrogen) atoms. The van der Waals surface area contributed by atoms with E-state index in [1.165, 1.54) is 11.3 Å². The summed E-state index contributed by atoms with van der Waals surface area (Å²) in [5.41, 5.74) is 0.790. The molecule has 5 atom stereocenters. The molecule has 1 amide bonds. The van der Waals surface area contributed by atoms with Crippen LogP contribution in [0.25, 0.3) is 10.2 Å². The maximum absolute atomic E-state index is 13.0. The summed E-state index contributed by atoms with van der Waals surface area (Å²) in [6.45, 7) is -0.242. The van der Waals surface area contributed by atoms with Gasteiger partial charge < -0.3 is 20.2 Å². The number of carbonyl (C=O) groups is 1. The maximum Gasteiger partial charge on any atom is 0.244 e. The number of para-hydroxylation sites is 1. The third kappa shape index (κ3) is 3.64. The molecule has 0 bridgehead atoms. The van der Waals surface area contributed by atoms with Crippen LogP contribution in [0.1, 0.15) is 17.3 Å². The number of thiazole rings is 1. The van der Waals surface area contributed by atoms with Crippen molar-refractivity contribution in [2.24, 2.45) is 15.9 Å². The number of carbonyl (C=O) groups excluding carboxylic acids is 1. The summed E-state index contributed by atoms with van der Waals surface area (Å²) in [6.07, 6.45) is -1.88. The molecule has 0 spiro atoms. The second-order valence-corrected chi connectivity index (χ2v) is 8.55. The quantitative estimate of drug-likeness (QED) is 0.553. The molecule has 1 unspecified atom stereocenters. The molecule has 1 saturated carbocycles. The van der Waals surface area contributed by atoms with Crippen molar-refractivity contribution in [3.8, 4) is 0 Å². The molecule has 2 aromatic rings. The summed E-state index contributed by atoms with van der Waals surface area (Å²) in [6, 6.07) is 6.95. The third-order valence-electron chi connectivity index (χ3n) is 5.26. The number of rotatable bonds is 3. The molecular formula is C19H23N5O4S. The van der Waals surface area contributed by atoms with Crippen LogP contribution < -0.4 is 5.32 Å². The minimum atomic E-state index is -1.13. The first-order chi connectivity index (χ1) is 13.9. The zero-order valence-corrected chi connectivity index (χ0v) is 16.9. The zero-order valence-electron chi connectivity index (χ0n) is 16.1. The Balaban J connectivity index is 1.77. The lowest BCUT2D eigenvalue weighted by molar-refractivity contribution is -0.120. The van der Waals surface area contributed by atoms with Crippen molar-refractivity contribution in [2.75, 3.05) is 20.7 Å². The molecule has 154 valence electrons. The molecule has 1 aromatic carbocycles. The van der Waals surface area contributed by atoms with Gasteiger partial charge in [0.05, 0.1) is 22.4 Å². The third-order valence-corrected chi connectivity index (χ3v) is 6.36. The van der Waals surface area contributed by atoms with Gasteiger partial charge in [0.1, 0.15) is 22.9 Å². The van der Waals surface area contributed by atoms with Gasteiger partial charge in [-0.3, -0.25) is 15.1 Å². The molecular weight excluding hydrogens is 394 g/mol. The summed E-state index contributed by atoms with van der Waals surface area (Å²) in [5.74, 6) is -0.985. The number of benzene rings is 1. The number of nitrogens with one attached hydrogen (secondary N) is 1. The van der Waals surface area contributed by atoms with Gasteiger partial charge in [-0.15, -0.1) is 11.3 Å². The number of aromatic nitrogens is 1. The fraction of sp³-hybridized carbons (Fsp3) is 0.474. The van der Waals surface area contributed by atoms with Crippen LogP contribution >= 0.6 is 11.3 Å². The molecule has 1 aliphatic carbocycles. The van der Waals surface area contributed by atoms with E-state index in [4.69, 9.17) is 0 Å². The van der Waals surface area contributed by atoms with Crippen LogP contribution in [0.2, 0.25) is 0 Å². The van der Waals surface area contributed by atoms with E-state index in [0.29, 0.717) is 17.4 Å². The first kappa shape index (κ1) is 19.9. The van der Waals surface area contributed by atoms with E-state index in [0.717, 1.165) is 10.2 Å². The lowest BCUT2D eigenvalue weighted by atomic mass is 10.1. The van der Waals surface area contributed by atoms with Crippen molar-refractivity contribution in [2.45, 2.75) is 30.6 Å². The monoisotopic (exact) mass is 417 g/mol. The maximum atomic E-state index is 13.0. The number of aliphatic imine (C=N–C) groups is 2. The van der Waals surface area contributed by atoms with Crippen molar-refractivity contribution in [3.63, 3.8) is 0 Å². The van der Waals surface area contributed by atoms with Crippen molar-refractivity contribution < 1.29 is 20.1 Å². The summed E-state index contributed by atoms with van der Waals surface area (Å²) in [7, 11) is 3.51. The number of aliphatic hydroxyl groups excluding tert-OH is 3. The highest BCUT2D eigenvalue weighted by Gasteiger charge is 2.43. The molecule has 1 aliphatic heterocycles. The van der Waals surface area contributed by atoms with Gasteiger partial charge in [-0.1, -0.05) is 12.1 Å². The first-order valence-electron chi connectivity index (χ1n) is 9.36. The number of hydrogen-bond acceptors (Lipinski definition) is 8. The van der Waals surface area contributed by atoms with E-state index in [2.05, 4.69) is 20.3 Å². The predicted octanol–water partition coefficient (Wildman–Crippen LogP) is -0.0716. The van der Waals surface area contributed by atoms with Crippen molar-refractivity contribution in [3.05, 3.63) is 29.3 Å². The van der Waals surface area contributed by atoms with Gasteiger partial charge in [0.25, 0.3) is 0 Å². The molecule has 4 N–H and O–H groups in total. The Kier molecular flexibility index (Phi) is 5.34. The standard InChI is InChI=1S/C19H23N5O4S/c1-24(2)19-22-16(20-11-7-9(8-25)14(26)15(11)27)13(17(28)23-19)18-21-10-5-3-4-6-12(10)29-18/h3-6,9,11,13-15,25-27H,7-8H2,1-2H3,(H,20,22,23,28)/t9-,11-,13?,14-,15+/m1/s1. The zero-order chi connectivity index (χ0) is 20.7. The van der Waals surface area contributed by atoms with Crippen LogP contribution in [-0.4, -0.2) is 81.9 Å². The number of aliphatic hydroxyl groups is 3. The topological polar surface area (TPSA) is 131 Å². The summed E-state index contributed by atoms with van der Waals surface area (Å²) in [4.78, 5) is 28.3. The Morgan fingerprint density at radius 3 is 2.69 bits per heavy atom. The fourth-order valence-electron chi connectivity index (χ4n) is 3.63. The highest BCUT2D eigenvalue weighted by Crippen LogP contribution is 2.33. The molecule has 1 aromatic heterocycles. The first-order valence-corrected chi connectivity index (χ1v) is 10.2. The number of amides is 1. The number of hydrogen-bond donors (Lipinski definition) is 4. The van der Waals surface area contributed by atoms with Crippen LogP contribution in [0.15, 0.2) is 34.3 Å². The molecule has 4 rings (SSSR count). The Morgan fingerprint density at radius 1 is 1.28 bits per heavy atom. The normalized spacial score (nSPS) is 31.2. The molecule has 10 heteroatoms. The Hall–Kier alpha value is -2.40. The smallest absolute Gasteiger partial charge is 0.244 e. The van der Waals surface area contributed by atoms with Gasteiger partial charge in [-0.05, 0) is 18.6 Å². The van der Waals surface area contributed by atoms with E-state index in [1.54, 1.807) is 19.0 Å². The average molecular weight is 417 g/mol. The largest absolute Gasteiger partial charge is 0.396 e. The highest BCUT2D eigenvalue weighted by molar-refractivity contribution is 7.18. The van der Waals surface area contributed by atoms with Crippen LogP contribution in [0.5, 0.6) is 0 Å². The highest BCUT2D eigenvalue weighted by atomic mass is 32.1. The van der Waals surface area contributed by atoms with E-state index < -0.39 is 30.1 Å². The molecule has 9 nitrogen and oxygen atoms in total. The van der Waals surface area contributed by atoms with Crippen molar-refractivity contribution >= 4 is 39.3 Å². The van der Waals surface area contributed by atoms with Crippen LogP contribution in [-0.2, 0) is 4.79 Å². The summed E-state index contributed by atoms with van der Waals surface area (Å²) < 4.78 is 0.953. The molecule has 0 radical (unpaired) electrons. The summed E-state index contributed by atoms with van der Waals surface area (Å²) >= 11 is 1.40. The second kappa shape index (κ2) is 7.79. The Labute approximate surface area is 171 Å². The van der Waals surface area contributed by atoms with Gasteiger partial charge in [-0.2, -0.15) is 4.99 Å². The number of amidine groups is 1. The van der Waals surface area contributed by atoms with Gasteiger partial charge in [0.15, 0.2) is 0 Å². The Bertz CT molecular complexity index is 955. The summed E-state index contributed by atoms with van der Waals surface area (Å²) in [5, 5.41) is 33.2.